The molecule has 0 aliphatic rings. The van der Waals surface area contributed by atoms with E-state index in [4.69, 9.17) is 5.73 Å². The summed E-state index contributed by atoms with van der Waals surface area (Å²) in [6, 6.07) is 9.57. The summed E-state index contributed by atoms with van der Waals surface area (Å²) in [7, 11) is 0. The second kappa shape index (κ2) is 10.1. The highest BCUT2D eigenvalue weighted by molar-refractivity contribution is 7.17. The Kier molecular flexibility index (Phi) is 6.68. The zero-order chi connectivity index (χ0) is 26.1. The smallest absolute Gasteiger partial charge is 0.267 e. The topological polar surface area (TPSA) is 124 Å². The number of aromatic nitrogens is 5. The van der Waals surface area contributed by atoms with Crippen molar-refractivity contribution in [2.24, 2.45) is 0 Å². The van der Waals surface area contributed by atoms with Gasteiger partial charge >= 0.3 is 0 Å². The van der Waals surface area contributed by atoms with Crippen LogP contribution in [0.15, 0.2) is 54.3 Å². The van der Waals surface area contributed by atoms with Crippen molar-refractivity contribution in [1.29, 1.82) is 0 Å². The van der Waals surface area contributed by atoms with E-state index >= 15 is 0 Å². The number of nitrogens with zero attached hydrogens (tertiary/aromatic N) is 5. The van der Waals surface area contributed by atoms with Crippen LogP contribution in [0.2, 0.25) is 0 Å². The number of amides is 1. The van der Waals surface area contributed by atoms with E-state index in [1.807, 2.05) is 55.0 Å². The molecule has 0 unspecified atom stereocenters. The molecule has 0 atom stereocenters. The first-order chi connectivity index (χ1) is 17.8. The molecule has 37 heavy (non-hydrogen) atoms. The van der Waals surface area contributed by atoms with Crippen molar-refractivity contribution in [3.63, 3.8) is 0 Å². The Morgan fingerprint density at radius 1 is 1.14 bits per heavy atom. The number of aryl methyl sites for hydroxylation is 1. The maximum Gasteiger partial charge on any atom is 0.267 e. The SMILES string of the molecule is Cc1ncc(-c2nc(Nc3ncc(C(=O)Nc4cc(-c5cccs5)ccc4N)s3)ncc2F)n1C(C)C. The van der Waals surface area contributed by atoms with Gasteiger partial charge in [0.25, 0.3) is 5.91 Å². The molecule has 0 aliphatic carbocycles. The van der Waals surface area contributed by atoms with Crippen molar-refractivity contribution in [1.82, 2.24) is 24.5 Å². The predicted molar refractivity (Wildman–Crippen MR) is 146 cm³/mol. The Bertz CT molecular complexity index is 1580. The molecular formula is C25H23FN8OS2. The number of hydrogen-bond donors (Lipinski definition) is 3. The maximum absolute atomic E-state index is 14.6. The van der Waals surface area contributed by atoms with E-state index in [1.165, 1.54) is 6.20 Å². The van der Waals surface area contributed by atoms with Gasteiger partial charge in [-0.3, -0.25) is 4.79 Å². The van der Waals surface area contributed by atoms with Crippen molar-refractivity contribution in [3.8, 4) is 21.8 Å². The third-order valence-electron chi connectivity index (χ3n) is 5.54. The molecular weight excluding hydrogens is 511 g/mol. The average molecular weight is 535 g/mol. The second-order valence-electron chi connectivity index (χ2n) is 8.43. The third kappa shape index (κ3) is 5.06. The lowest BCUT2D eigenvalue weighted by atomic mass is 10.1. The van der Waals surface area contributed by atoms with E-state index in [2.05, 4.69) is 30.6 Å². The van der Waals surface area contributed by atoms with Gasteiger partial charge in [0.2, 0.25) is 5.95 Å². The molecule has 4 heterocycles. The number of hydrogen-bond acceptors (Lipinski definition) is 9. The molecule has 1 amide bonds. The van der Waals surface area contributed by atoms with Crippen LogP contribution in [0.3, 0.4) is 0 Å². The fourth-order valence-corrected chi connectivity index (χ4v) is 5.29. The molecule has 0 saturated carbocycles. The summed E-state index contributed by atoms with van der Waals surface area (Å²) >= 11 is 2.72. The van der Waals surface area contributed by atoms with Gasteiger partial charge in [0.1, 0.15) is 16.4 Å². The number of thiophene rings is 1. The quantitative estimate of drug-likeness (QED) is 0.215. The van der Waals surface area contributed by atoms with Crippen molar-refractivity contribution in [3.05, 3.63) is 70.8 Å². The molecule has 0 aliphatic heterocycles. The fraction of sp³-hybridized carbons (Fsp3) is 0.160. The summed E-state index contributed by atoms with van der Waals surface area (Å²) in [4.78, 5) is 31.3. The van der Waals surface area contributed by atoms with Gasteiger partial charge in [-0.1, -0.05) is 23.5 Å². The van der Waals surface area contributed by atoms with Crippen LogP contribution in [0.4, 0.5) is 26.8 Å². The van der Waals surface area contributed by atoms with E-state index in [0.717, 1.165) is 33.8 Å². The van der Waals surface area contributed by atoms with Crippen LogP contribution in [0, 0.1) is 12.7 Å². The highest BCUT2D eigenvalue weighted by Gasteiger charge is 2.19. The van der Waals surface area contributed by atoms with E-state index in [1.54, 1.807) is 23.6 Å². The van der Waals surface area contributed by atoms with Gasteiger partial charge in [-0.05, 0) is 49.9 Å². The molecule has 5 aromatic rings. The summed E-state index contributed by atoms with van der Waals surface area (Å²) in [5.74, 6) is 0.000878. The highest BCUT2D eigenvalue weighted by atomic mass is 32.1. The Morgan fingerprint density at radius 2 is 1.97 bits per heavy atom. The van der Waals surface area contributed by atoms with Crippen LogP contribution in [0.25, 0.3) is 21.8 Å². The number of rotatable bonds is 7. The number of halogens is 1. The number of imidazole rings is 1. The maximum atomic E-state index is 14.6. The van der Waals surface area contributed by atoms with Crippen molar-refractivity contribution in [2.75, 3.05) is 16.4 Å². The summed E-state index contributed by atoms with van der Waals surface area (Å²) in [6.07, 6.45) is 4.14. The molecule has 4 aromatic heterocycles. The lowest BCUT2D eigenvalue weighted by molar-refractivity contribution is 0.103. The number of carbonyl (C=O) groups is 1. The van der Waals surface area contributed by atoms with Crippen molar-refractivity contribution >= 4 is 51.0 Å². The van der Waals surface area contributed by atoms with Crippen LogP contribution in [0.5, 0.6) is 0 Å². The number of anilines is 4. The molecule has 0 bridgehead atoms. The zero-order valence-corrected chi connectivity index (χ0v) is 21.8. The van der Waals surface area contributed by atoms with Crippen LogP contribution < -0.4 is 16.4 Å². The van der Waals surface area contributed by atoms with Gasteiger partial charge in [0.15, 0.2) is 10.9 Å². The van der Waals surface area contributed by atoms with Crippen LogP contribution in [0.1, 0.15) is 35.4 Å². The minimum absolute atomic E-state index is 0.0725. The third-order valence-corrected chi connectivity index (χ3v) is 7.37. The molecule has 0 spiro atoms. The number of nitrogens with one attached hydrogen (secondary N) is 2. The monoisotopic (exact) mass is 534 g/mol. The van der Waals surface area contributed by atoms with Crippen molar-refractivity contribution in [2.45, 2.75) is 26.8 Å². The first kappa shape index (κ1) is 24.5. The standard InChI is InChI=1S/C25H23FN8OS2/c1-13(2)34-14(3)28-11-19(34)22-16(26)10-29-24(32-22)33-25-30-12-21(37-25)23(35)31-18-9-15(6-7-17(18)27)20-5-4-8-36-20/h4-13H,27H2,1-3H3,(H,31,35)(H,29,30,32,33). The molecule has 4 N–H and O–H groups in total. The van der Waals surface area contributed by atoms with Gasteiger partial charge in [0.05, 0.1) is 35.7 Å². The predicted octanol–water partition coefficient (Wildman–Crippen LogP) is 6.13. The van der Waals surface area contributed by atoms with E-state index in [0.29, 0.717) is 27.1 Å². The van der Waals surface area contributed by atoms with Crippen molar-refractivity contribution < 1.29 is 9.18 Å². The Balaban J connectivity index is 1.34. The lowest BCUT2D eigenvalue weighted by Crippen LogP contribution is -2.11. The van der Waals surface area contributed by atoms with E-state index in [9.17, 15) is 9.18 Å². The van der Waals surface area contributed by atoms with Gasteiger partial charge in [0, 0.05) is 10.9 Å². The van der Waals surface area contributed by atoms with E-state index < -0.39 is 5.82 Å². The van der Waals surface area contributed by atoms with Gasteiger partial charge in [-0.15, -0.1) is 11.3 Å². The van der Waals surface area contributed by atoms with Gasteiger partial charge < -0.3 is 20.9 Å². The largest absolute Gasteiger partial charge is 0.397 e. The Hall–Kier alpha value is -4.16. The van der Waals surface area contributed by atoms with Gasteiger partial charge in [-0.25, -0.2) is 24.3 Å². The minimum Gasteiger partial charge on any atom is -0.397 e. The van der Waals surface area contributed by atoms with Crippen LogP contribution >= 0.6 is 22.7 Å². The molecule has 188 valence electrons. The van der Waals surface area contributed by atoms with E-state index in [-0.39, 0.29) is 23.6 Å². The first-order valence-corrected chi connectivity index (χ1v) is 13.0. The van der Waals surface area contributed by atoms with Crippen LogP contribution in [-0.2, 0) is 0 Å². The molecule has 12 heteroatoms. The lowest BCUT2D eigenvalue weighted by Gasteiger charge is -2.14. The number of nitrogen functional groups attached to an aromatic ring is 1. The highest BCUT2D eigenvalue weighted by Crippen LogP contribution is 2.31. The van der Waals surface area contributed by atoms with Crippen LogP contribution in [-0.4, -0.2) is 30.4 Å². The summed E-state index contributed by atoms with van der Waals surface area (Å²) in [5.41, 5.74) is 8.71. The number of carbonyl (C=O) groups excluding carboxylic acids is 1. The number of benzene rings is 1. The average Bonchev–Trinajstić information content (AvgIpc) is 3.63. The molecule has 9 nitrogen and oxygen atoms in total. The summed E-state index contributed by atoms with van der Waals surface area (Å²) < 4.78 is 16.5. The number of thiazole rings is 1. The molecule has 0 radical (unpaired) electrons. The first-order valence-electron chi connectivity index (χ1n) is 11.3. The molecule has 0 saturated heterocycles. The Labute approximate surface area is 220 Å². The summed E-state index contributed by atoms with van der Waals surface area (Å²) in [5, 5.41) is 8.19. The molecule has 5 rings (SSSR count). The minimum atomic E-state index is -0.561. The molecule has 1 aromatic carbocycles. The zero-order valence-electron chi connectivity index (χ0n) is 20.2. The Morgan fingerprint density at radius 3 is 2.73 bits per heavy atom. The van der Waals surface area contributed by atoms with Gasteiger partial charge in [-0.2, -0.15) is 0 Å². The fourth-order valence-electron chi connectivity index (χ4n) is 3.86. The normalized spacial score (nSPS) is 11.2. The molecule has 0 fully saturated rings. The summed E-state index contributed by atoms with van der Waals surface area (Å²) in [6.45, 7) is 5.84. The number of nitrogens with two attached hydrogens (primary N) is 1. The second-order valence-corrected chi connectivity index (χ2v) is 10.4.